The first-order valence-electron chi connectivity index (χ1n) is 6.65. The van der Waals surface area contributed by atoms with Crippen LogP contribution in [0.5, 0.6) is 0 Å². The molecule has 0 saturated carbocycles. The fourth-order valence-corrected chi connectivity index (χ4v) is 3.69. The minimum absolute atomic E-state index is 0.322. The molecule has 1 heterocycles. The van der Waals surface area contributed by atoms with Crippen molar-refractivity contribution in [1.82, 2.24) is 0 Å². The quantitative estimate of drug-likeness (QED) is 0.686. The first kappa shape index (κ1) is 15.3. The topological polar surface area (TPSA) is 55.6 Å². The van der Waals surface area contributed by atoms with Crippen LogP contribution >= 0.6 is 23.4 Å². The van der Waals surface area contributed by atoms with Gasteiger partial charge in [-0.05, 0) is 26.0 Å². The molecule has 1 atom stereocenters. The number of anilines is 2. The standard InChI is InChI=1S/C14H19ClN2O2S/c1-3-19-14(18)11-6-10(16)7-12(15)13(11)17-4-5-20-8-9(17)2/h6-7,9H,3-5,8,16H2,1-2H3. The molecule has 1 aliphatic heterocycles. The van der Waals surface area contributed by atoms with Crippen LogP contribution in [0.2, 0.25) is 5.02 Å². The molecule has 2 N–H and O–H groups in total. The van der Waals surface area contributed by atoms with Crippen molar-refractivity contribution in [1.29, 1.82) is 0 Å². The van der Waals surface area contributed by atoms with E-state index in [-0.39, 0.29) is 5.97 Å². The Hall–Kier alpha value is -1.07. The van der Waals surface area contributed by atoms with Crippen LogP contribution in [0.4, 0.5) is 11.4 Å². The van der Waals surface area contributed by atoms with Gasteiger partial charge in [0.1, 0.15) is 0 Å². The van der Waals surface area contributed by atoms with Crippen LogP contribution in [0.15, 0.2) is 12.1 Å². The smallest absolute Gasteiger partial charge is 0.340 e. The molecule has 0 amide bonds. The molecular weight excluding hydrogens is 296 g/mol. The van der Waals surface area contributed by atoms with Crippen molar-refractivity contribution in [2.45, 2.75) is 19.9 Å². The summed E-state index contributed by atoms with van der Waals surface area (Å²) in [6.45, 7) is 5.11. The highest BCUT2D eigenvalue weighted by Crippen LogP contribution is 2.36. The average molecular weight is 315 g/mol. The number of hydrogen-bond donors (Lipinski definition) is 1. The maximum Gasteiger partial charge on any atom is 0.340 e. The number of nitrogens with zero attached hydrogens (tertiary/aromatic N) is 1. The largest absolute Gasteiger partial charge is 0.462 e. The SMILES string of the molecule is CCOC(=O)c1cc(N)cc(Cl)c1N1CCSCC1C. The van der Waals surface area contributed by atoms with Crippen molar-refractivity contribution in [3.8, 4) is 0 Å². The van der Waals surface area contributed by atoms with E-state index in [1.54, 1.807) is 19.1 Å². The Morgan fingerprint density at radius 1 is 1.60 bits per heavy atom. The van der Waals surface area contributed by atoms with Crippen molar-refractivity contribution in [2.75, 3.05) is 35.3 Å². The lowest BCUT2D eigenvalue weighted by Gasteiger charge is -2.36. The number of ether oxygens (including phenoxy) is 1. The molecule has 6 heteroatoms. The molecule has 4 nitrogen and oxygen atoms in total. The van der Waals surface area contributed by atoms with E-state index < -0.39 is 0 Å². The molecule has 1 aromatic rings. The molecule has 1 unspecified atom stereocenters. The second-order valence-corrected chi connectivity index (χ2v) is 6.29. The molecule has 110 valence electrons. The zero-order valence-electron chi connectivity index (χ0n) is 11.7. The molecule has 1 aromatic carbocycles. The highest BCUT2D eigenvalue weighted by Gasteiger charge is 2.26. The van der Waals surface area contributed by atoms with Gasteiger partial charge in [0, 0.05) is 29.8 Å². The number of hydrogen-bond acceptors (Lipinski definition) is 5. The zero-order valence-corrected chi connectivity index (χ0v) is 13.3. The lowest BCUT2D eigenvalue weighted by Crippen LogP contribution is -2.41. The van der Waals surface area contributed by atoms with Gasteiger partial charge in [0.25, 0.3) is 0 Å². The van der Waals surface area contributed by atoms with Crippen molar-refractivity contribution in [2.24, 2.45) is 0 Å². The van der Waals surface area contributed by atoms with Crippen LogP contribution in [-0.4, -0.2) is 36.7 Å². The van der Waals surface area contributed by atoms with Gasteiger partial charge in [-0.25, -0.2) is 4.79 Å². The minimum atomic E-state index is -0.373. The third-order valence-electron chi connectivity index (χ3n) is 3.24. The summed E-state index contributed by atoms with van der Waals surface area (Å²) < 4.78 is 5.12. The van der Waals surface area contributed by atoms with Gasteiger partial charge in [0.2, 0.25) is 0 Å². The van der Waals surface area contributed by atoms with E-state index in [0.717, 1.165) is 23.7 Å². The number of halogens is 1. The van der Waals surface area contributed by atoms with Gasteiger partial charge in [-0.3, -0.25) is 0 Å². The first-order valence-corrected chi connectivity index (χ1v) is 8.18. The second-order valence-electron chi connectivity index (χ2n) is 4.74. The molecule has 0 spiro atoms. The minimum Gasteiger partial charge on any atom is -0.462 e. The summed E-state index contributed by atoms with van der Waals surface area (Å²) in [7, 11) is 0. The summed E-state index contributed by atoms with van der Waals surface area (Å²) in [4.78, 5) is 14.3. The summed E-state index contributed by atoms with van der Waals surface area (Å²) in [5, 5.41) is 0.506. The van der Waals surface area contributed by atoms with Crippen LogP contribution in [0.1, 0.15) is 24.2 Å². The van der Waals surface area contributed by atoms with E-state index in [4.69, 9.17) is 22.1 Å². The first-order chi connectivity index (χ1) is 9.54. The number of carbonyl (C=O) groups is 1. The normalized spacial score (nSPS) is 18.9. The summed E-state index contributed by atoms with van der Waals surface area (Å²) in [6.07, 6.45) is 0. The third-order valence-corrected chi connectivity index (χ3v) is 4.71. The van der Waals surface area contributed by atoms with Gasteiger partial charge >= 0.3 is 5.97 Å². The van der Waals surface area contributed by atoms with E-state index in [1.807, 2.05) is 11.8 Å². The lowest BCUT2D eigenvalue weighted by atomic mass is 10.1. The fraction of sp³-hybridized carbons (Fsp3) is 0.500. The van der Waals surface area contributed by atoms with Crippen molar-refractivity contribution in [3.63, 3.8) is 0 Å². The fourth-order valence-electron chi connectivity index (χ4n) is 2.34. The maximum absolute atomic E-state index is 12.2. The molecule has 0 radical (unpaired) electrons. The van der Waals surface area contributed by atoms with Crippen LogP contribution < -0.4 is 10.6 Å². The molecule has 0 aromatic heterocycles. The predicted molar refractivity (Wildman–Crippen MR) is 86.0 cm³/mol. The highest BCUT2D eigenvalue weighted by atomic mass is 35.5. The Morgan fingerprint density at radius 3 is 3.00 bits per heavy atom. The van der Waals surface area contributed by atoms with Gasteiger partial charge in [-0.15, -0.1) is 0 Å². The van der Waals surface area contributed by atoms with Gasteiger partial charge in [-0.2, -0.15) is 11.8 Å². The Balaban J connectivity index is 2.46. The molecule has 1 fully saturated rings. The monoisotopic (exact) mass is 314 g/mol. The lowest BCUT2D eigenvalue weighted by molar-refractivity contribution is 0.0527. The molecule has 1 aliphatic rings. The Morgan fingerprint density at radius 2 is 2.35 bits per heavy atom. The van der Waals surface area contributed by atoms with Crippen LogP contribution in [0.25, 0.3) is 0 Å². The summed E-state index contributed by atoms with van der Waals surface area (Å²) in [6, 6.07) is 3.66. The Labute approximate surface area is 128 Å². The summed E-state index contributed by atoms with van der Waals surface area (Å²) in [5.74, 6) is 1.66. The van der Waals surface area contributed by atoms with E-state index in [9.17, 15) is 4.79 Å². The number of thioether (sulfide) groups is 1. The molecule has 0 aliphatic carbocycles. The van der Waals surface area contributed by atoms with E-state index in [1.165, 1.54) is 0 Å². The highest BCUT2D eigenvalue weighted by molar-refractivity contribution is 7.99. The summed E-state index contributed by atoms with van der Waals surface area (Å²) in [5.41, 5.74) is 7.48. The van der Waals surface area contributed by atoms with Gasteiger partial charge in [0.15, 0.2) is 0 Å². The summed E-state index contributed by atoms with van der Waals surface area (Å²) >= 11 is 8.25. The molecule has 0 bridgehead atoms. The zero-order chi connectivity index (χ0) is 14.7. The van der Waals surface area contributed by atoms with Crippen LogP contribution in [0.3, 0.4) is 0 Å². The number of nitrogen functional groups attached to an aromatic ring is 1. The maximum atomic E-state index is 12.2. The van der Waals surface area contributed by atoms with Gasteiger partial charge in [-0.1, -0.05) is 11.6 Å². The van der Waals surface area contributed by atoms with Gasteiger partial charge < -0.3 is 15.4 Å². The Bertz CT molecular complexity index is 510. The number of carbonyl (C=O) groups excluding carboxylic acids is 1. The number of nitrogens with two attached hydrogens (primary N) is 1. The van der Waals surface area contributed by atoms with Crippen LogP contribution in [0, 0.1) is 0 Å². The Kier molecular flexibility index (Phi) is 5.05. The average Bonchev–Trinajstić information content (AvgIpc) is 2.39. The molecule has 20 heavy (non-hydrogen) atoms. The van der Waals surface area contributed by atoms with E-state index in [2.05, 4.69) is 11.8 Å². The van der Waals surface area contributed by atoms with E-state index in [0.29, 0.717) is 28.9 Å². The number of esters is 1. The van der Waals surface area contributed by atoms with Crippen LogP contribution in [-0.2, 0) is 4.74 Å². The molecular formula is C14H19ClN2O2S. The number of rotatable bonds is 3. The number of benzene rings is 1. The molecule has 2 rings (SSSR count). The predicted octanol–water partition coefficient (Wildman–Crippen LogP) is 3.04. The third kappa shape index (κ3) is 3.15. The molecule has 1 saturated heterocycles. The van der Waals surface area contributed by atoms with Crippen molar-refractivity contribution >= 4 is 40.7 Å². The van der Waals surface area contributed by atoms with Gasteiger partial charge in [0.05, 0.1) is 22.9 Å². The second kappa shape index (κ2) is 6.59. The van der Waals surface area contributed by atoms with Crippen molar-refractivity contribution < 1.29 is 9.53 Å². The van der Waals surface area contributed by atoms with E-state index >= 15 is 0 Å². The van der Waals surface area contributed by atoms with Crippen molar-refractivity contribution in [3.05, 3.63) is 22.7 Å².